The fourth-order valence-electron chi connectivity index (χ4n) is 4.36. The smallest absolute Gasteiger partial charge is 0.337 e. The number of dihydropyridines is 1. The van der Waals surface area contributed by atoms with Gasteiger partial charge in [0.1, 0.15) is 6.61 Å². The van der Waals surface area contributed by atoms with Crippen molar-refractivity contribution in [3.63, 3.8) is 0 Å². The summed E-state index contributed by atoms with van der Waals surface area (Å²) < 4.78 is 5.66. The average molecular weight is 558 g/mol. The Kier molecular flexibility index (Phi) is 9.48. The first-order valence-corrected chi connectivity index (χ1v) is 13.9. The number of carbonyl (C=O) groups is 2. The second-order valence-corrected chi connectivity index (χ2v) is 10.3. The number of nitrogens with zero attached hydrogens (tertiary/aromatic N) is 1. The molecular formula is C31H28ClN3O3S. The van der Waals surface area contributed by atoms with E-state index in [1.165, 1.54) is 11.8 Å². The average Bonchev–Trinajstić information content (AvgIpc) is 2.95. The van der Waals surface area contributed by atoms with Crippen LogP contribution in [0.15, 0.2) is 101 Å². The zero-order valence-electron chi connectivity index (χ0n) is 21.7. The SMILES string of the molecule is CCc1ccccc1NC(=O)CSC1=C(C#N)[C@@H](c2ccc(Cl)cc2)C(C(=O)OCc2ccccc2)=C(C)N1. The molecule has 39 heavy (non-hydrogen) atoms. The lowest BCUT2D eigenvalue weighted by atomic mass is 9.82. The van der Waals surface area contributed by atoms with E-state index in [1.807, 2.05) is 61.5 Å². The number of esters is 1. The zero-order chi connectivity index (χ0) is 27.8. The minimum Gasteiger partial charge on any atom is -0.457 e. The van der Waals surface area contributed by atoms with Crippen molar-refractivity contribution in [1.82, 2.24) is 5.32 Å². The summed E-state index contributed by atoms with van der Waals surface area (Å²) in [5, 5.41) is 17.5. The van der Waals surface area contributed by atoms with E-state index in [4.69, 9.17) is 16.3 Å². The van der Waals surface area contributed by atoms with Crippen LogP contribution in [-0.2, 0) is 27.4 Å². The fourth-order valence-corrected chi connectivity index (χ4v) is 5.38. The molecule has 0 saturated heterocycles. The van der Waals surface area contributed by atoms with Crippen LogP contribution in [-0.4, -0.2) is 17.6 Å². The standard InChI is InChI=1S/C31H28ClN3O3S/c1-3-22-11-7-8-12-26(22)35-27(36)19-39-30-25(17-33)29(23-13-15-24(32)16-14-23)28(20(2)34-30)31(37)38-18-21-9-5-4-6-10-21/h4-16,29,34H,3,18-19H2,1-2H3,(H,35,36)/t29-/m1/s1. The number of anilines is 1. The van der Waals surface area contributed by atoms with Crippen LogP contribution in [0.2, 0.25) is 5.02 Å². The van der Waals surface area contributed by atoms with Crippen molar-refractivity contribution in [2.75, 3.05) is 11.1 Å². The molecule has 1 atom stereocenters. The molecule has 6 nitrogen and oxygen atoms in total. The highest BCUT2D eigenvalue weighted by Gasteiger charge is 2.35. The number of amides is 1. The lowest BCUT2D eigenvalue weighted by molar-refractivity contribution is -0.140. The third-order valence-electron chi connectivity index (χ3n) is 6.30. The molecule has 0 aliphatic carbocycles. The number of para-hydroxylation sites is 1. The van der Waals surface area contributed by atoms with Gasteiger partial charge in [-0.25, -0.2) is 4.79 Å². The molecule has 198 valence electrons. The Balaban J connectivity index is 1.59. The maximum absolute atomic E-state index is 13.4. The van der Waals surface area contributed by atoms with Crippen LogP contribution < -0.4 is 10.6 Å². The molecular weight excluding hydrogens is 530 g/mol. The lowest BCUT2D eigenvalue weighted by Crippen LogP contribution is -2.29. The van der Waals surface area contributed by atoms with Crippen molar-refractivity contribution in [3.8, 4) is 6.07 Å². The van der Waals surface area contributed by atoms with Gasteiger partial charge >= 0.3 is 5.97 Å². The van der Waals surface area contributed by atoms with Crippen molar-refractivity contribution in [1.29, 1.82) is 5.26 Å². The van der Waals surface area contributed by atoms with Gasteiger partial charge in [-0.15, -0.1) is 0 Å². The fraction of sp³-hybridized carbons (Fsp3) is 0.194. The van der Waals surface area contributed by atoms with Crippen LogP contribution in [0.5, 0.6) is 0 Å². The summed E-state index contributed by atoms with van der Waals surface area (Å²) in [6.07, 6.45) is 0.796. The van der Waals surface area contributed by atoms with Gasteiger partial charge in [-0.3, -0.25) is 4.79 Å². The predicted octanol–water partition coefficient (Wildman–Crippen LogP) is 6.71. The maximum Gasteiger partial charge on any atom is 0.337 e. The summed E-state index contributed by atoms with van der Waals surface area (Å²) in [5.41, 5.74) is 4.64. The molecule has 0 unspecified atom stereocenters. The molecule has 0 saturated carbocycles. The largest absolute Gasteiger partial charge is 0.457 e. The van der Waals surface area contributed by atoms with Crippen LogP contribution in [0.4, 0.5) is 5.69 Å². The Morgan fingerprint density at radius 2 is 1.74 bits per heavy atom. The van der Waals surface area contributed by atoms with Gasteiger partial charge in [-0.2, -0.15) is 5.26 Å². The van der Waals surface area contributed by atoms with Gasteiger partial charge in [0.2, 0.25) is 5.91 Å². The third kappa shape index (κ3) is 6.91. The normalized spacial score (nSPS) is 14.9. The molecule has 0 fully saturated rings. The number of ether oxygens (including phenoxy) is 1. The van der Waals surface area contributed by atoms with Crippen LogP contribution in [0, 0.1) is 11.3 Å². The van der Waals surface area contributed by atoms with Crippen LogP contribution in [0.1, 0.15) is 36.5 Å². The number of halogens is 1. The van der Waals surface area contributed by atoms with E-state index in [-0.39, 0.29) is 18.3 Å². The number of benzene rings is 3. The molecule has 3 aromatic rings. The number of allylic oxidation sites excluding steroid dienone is 2. The molecule has 1 aliphatic rings. The Labute approximate surface area is 237 Å². The van der Waals surface area contributed by atoms with Crippen molar-refractivity contribution in [3.05, 3.63) is 122 Å². The Morgan fingerprint density at radius 1 is 1.05 bits per heavy atom. The Hall–Kier alpha value is -3.99. The molecule has 0 spiro atoms. The highest BCUT2D eigenvalue weighted by atomic mass is 35.5. The van der Waals surface area contributed by atoms with Gasteiger partial charge in [0.15, 0.2) is 0 Å². The number of aryl methyl sites for hydroxylation is 1. The lowest BCUT2D eigenvalue weighted by Gasteiger charge is -2.29. The molecule has 0 aromatic heterocycles. The maximum atomic E-state index is 13.4. The number of nitriles is 1. The summed E-state index contributed by atoms with van der Waals surface area (Å²) in [6, 6.07) is 26.4. The first kappa shape index (κ1) is 28.0. The summed E-state index contributed by atoms with van der Waals surface area (Å²) in [7, 11) is 0. The van der Waals surface area contributed by atoms with Gasteiger partial charge < -0.3 is 15.4 Å². The number of thioether (sulfide) groups is 1. The monoisotopic (exact) mass is 557 g/mol. The Bertz CT molecular complexity index is 1460. The highest BCUT2D eigenvalue weighted by Crippen LogP contribution is 2.41. The van der Waals surface area contributed by atoms with Gasteiger partial charge in [-0.1, -0.05) is 91.0 Å². The molecule has 1 amide bonds. The van der Waals surface area contributed by atoms with Crippen molar-refractivity contribution < 1.29 is 14.3 Å². The number of hydrogen-bond acceptors (Lipinski definition) is 6. The quantitative estimate of drug-likeness (QED) is 0.284. The summed E-state index contributed by atoms with van der Waals surface area (Å²) in [4.78, 5) is 26.2. The zero-order valence-corrected chi connectivity index (χ0v) is 23.2. The molecule has 8 heteroatoms. The van der Waals surface area contributed by atoms with Gasteiger partial charge in [0.25, 0.3) is 0 Å². The first-order chi connectivity index (χ1) is 18.9. The molecule has 3 aromatic carbocycles. The number of rotatable bonds is 9. The number of nitrogens with one attached hydrogen (secondary N) is 2. The van der Waals surface area contributed by atoms with E-state index >= 15 is 0 Å². The van der Waals surface area contributed by atoms with Crippen LogP contribution in [0.3, 0.4) is 0 Å². The molecule has 0 bridgehead atoms. The predicted molar refractivity (Wildman–Crippen MR) is 156 cm³/mol. The summed E-state index contributed by atoms with van der Waals surface area (Å²) in [5.74, 6) is -1.30. The van der Waals surface area contributed by atoms with E-state index in [2.05, 4.69) is 16.7 Å². The van der Waals surface area contributed by atoms with E-state index in [0.717, 1.165) is 28.8 Å². The first-order valence-electron chi connectivity index (χ1n) is 12.5. The highest BCUT2D eigenvalue weighted by molar-refractivity contribution is 8.03. The summed E-state index contributed by atoms with van der Waals surface area (Å²) in [6.45, 7) is 3.91. The number of carbonyl (C=O) groups excluding carboxylic acids is 2. The molecule has 0 radical (unpaired) electrons. The molecule has 1 heterocycles. The van der Waals surface area contributed by atoms with Gasteiger partial charge in [0, 0.05) is 16.4 Å². The summed E-state index contributed by atoms with van der Waals surface area (Å²) >= 11 is 7.35. The van der Waals surface area contributed by atoms with Crippen LogP contribution >= 0.6 is 23.4 Å². The minimum absolute atomic E-state index is 0.0833. The van der Waals surface area contributed by atoms with E-state index < -0.39 is 11.9 Å². The van der Waals surface area contributed by atoms with Crippen molar-refractivity contribution >= 4 is 40.9 Å². The van der Waals surface area contributed by atoms with E-state index in [1.54, 1.807) is 31.2 Å². The molecule has 1 aliphatic heterocycles. The van der Waals surface area contributed by atoms with Crippen molar-refractivity contribution in [2.45, 2.75) is 32.8 Å². The van der Waals surface area contributed by atoms with E-state index in [9.17, 15) is 14.9 Å². The van der Waals surface area contributed by atoms with Gasteiger partial charge in [0.05, 0.1) is 33.9 Å². The Morgan fingerprint density at radius 3 is 2.44 bits per heavy atom. The second-order valence-electron chi connectivity index (χ2n) is 8.91. The van der Waals surface area contributed by atoms with E-state index in [0.29, 0.717) is 26.9 Å². The van der Waals surface area contributed by atoms with Gasteiger partial charge in [-0.05, 0) is 48.2 Å². The number of hydrogen-bond donors (Lipinski definition) is 2. The van der Waals surface area contributed by atoms with Crippen LogP contribution in [0.25, 0.3) is 0 Å². The third-order valence-corrected chi connectivity index (χ3v) is 7.57. The molecule has 2 N–H and O–H groups in total. The van der Waals surface area contributed by atoms with Crippen molar-refractivity contribution in [2.24, 2.45) is 0 Å². The minimum atomic E-state index is -0.678. The molecule has 4 rings (SSSR count). The second kappa shape index (κ2) is 13.2. The topological polar surface area (TPSA) is 91.2 Å².